The molecule has 71 valence electrons. The molecule has 0 saturated heterocycles. The molecular weight excluding hydrogens is 172 g/mol. The van der Waals surface area contributed by atoms with Gasteiger partial charge in [0, 0.05) is 17.4 Å². The van der Waals surface area contributed by atoms with Crippen molar-refractivity contribution in [1.29, 1.82) is 0 Å². The Kier molecular flexibility index (Phi) is 1.83. The van der Waals surface area contributed by atoms with Crippen LogP contribution in [0.25, 0.3) is 0 Å². The molecule has 1 aliphatic carbocycles. The van der Waals surface area contributed by atoms with Crippen molar-refractivity contribution in [3.05, 3.63) is 47.9 Å². The smallest absolute Gasteiger partial charge is 0.123 e. The molecule has 1 aliphatic heterocycles. The average Bonchev–Trinajstić information content (AvgIpc) is 2.29. The lowest BCUT2D eigenvalue weighted by Gasteiger charge is -2.34. The molecule has 3 rings (SSSR count). The van der Waals surface area contributed by atoms with Crippen LogP contribution in [-0.4, -0.2) is 6.61 Å². The highest BCUT2D eigenvalue weighted by Gasteiger charge is 2.31. The minimum atomic E-state index is 0.620. The predicted molar refractivity (Wildman–Crippen MR) is 56.1 cm³/mol. The summed E-state index contributed by atoms with van der Waals surface area (Å²) >= 11 is 0. The molecule has 14 heavy (non-hydrogen) atoms. The molecule has 2 aliphatic rings. The van der Waals surface area contributed by atoms with Crippen LogP contribution in [0.4, 0.5) is 0 Å². The third kappa shape index (κ3) is 1.16. The van der Waals surface area contributed by atoms with E-state index in [1.807, 2.05) is 6.07 Å². The molecule has 1 heterocycles. The number of fused-ring (bicyclic) bond motifs is 3. The van der Waals surface area contributed by atoms with E-state index in [1.54, 1.807) is 5.92 Å². The zero-order chi connectivity index (χ0) is 9.38. The molecule has 1 aromatic rings. The molecule has 0 aromatic heterocycles. The second-order valence-corrected chi connectivity index (χ2v) is 3.94. The van der Waals surface area contributed by atoms with Gasteiger partial charge in [0.25, 0.3) is 0 Å². The number of allylic oxidation sites excluding steroid dienone is 2. The summed E-state index contributed by atoms with van der Waals surface area (Å²) in [5.74, 6) is 3.25. The van der Waals surface area contributed by atoms with E-state index in [-0.39, 0.29) is 0 Å². The summed E-state index contributed by atoms with van der Waals surface area (Å²) in [6.45, 7) is 0.858. The van der Waals surface area contributed by atoms with Gasteiger partial charge < -0.3 is 4.74 Å². The van der Waals surface area contributed by atoms with Crippen molar-refractivity contribution in [2.24, 2.45) is 5.92 Å². The van der Waals surface area contributed by atoms with Gasteiger partial charge in [-0.25, -0.2) is 0 Å². The van der Waals surface area contributed by atoms with Crippen LogP contribution in [0, 0.1) is 11.8 Å². The molecule has 0 saturated carbocycles. The number of rotatable bonds is 0. The molecule has 0 amide bonds. The SMILES string of the molecule is C1=CCC2COc3ccccc3[C]2C1. The van der Waals surface area contributed by atoms with Crippen LogP contribution in [0.5, 0.6) is 5.75 Å². The van der Waals surface area contributed by atoms with Crippen molar-refractivity contribution in [1.82, 2.24) is 0 Å². The number of benzene rings is 1. The summed E-state index contributed by atoms with van der Waals surface area (Å²) < 4.78 is 5.74. The topological polar surface area (TPSA) is 9.23 Å². The summed E-state index contributed by atoms with van der Waals surface area (Å²) in [6.07, 6.45) is 6.79. The number of para-hydroxylation sites is 1. The Labute approximate surface area is 84.4 Å². The van der Waals surface area contributed by atoms with Crippen LogP contribution in [0.1, 0.15) is 18.4 Å². The Hall–Kier alpha value is -1.24. The fraction of sp³-hybridized carbons (Fsp3) is 0.308. The van der Waals surface area contributed by atoms with Crippen LogP contribution in [0.15, 0.2) is 36.4 Å². The zero-order valence-corrected chi connectivity index (χ0v) is 8.07. The normalized spacial score (nSPS) is 25.0. The minimum Gasteiger partial charge on any atom is -0.493 e. The van der Waals surface area contributed by atoms with Crippen molar-refractivity contribution in [2.75, 3.05) is 6.61 Å². The van der Waals surface area contributed by atoms with E-state index in [2.05, 4.69) is 30.4 Å². The summed E-state index contributed by atoms with van der Waals surface area (Å²) in [7, 11) is 0. The second-order valence-electron chi connectivity index (χ2n) is 3.94. The van der Waals surface area contributed by atoms with E-state index in [9.17, 15) is 0 Å². The van der Waals surface area contributed by atoms with Gasteiger partial charge in [0.05, 0.1) is 6.61 Å². The first kappa shape index (κ1) is 8.10. The first-order valence-electron chi connectivity index (χ1n) is 5.18. The maximum Gasteiger partial charge on any atom is 0.123 e. The summed E-state index contributed by atoms with van der Waals surface area (Å²) in [4.78, 5) is 0. The fourth-order valence-corrected chi connectivity index (χ4v) is 2.33. The lowest BCUT2D eigenvalue weighted by atomic mass is 9.77. The molecule has 0 N–H and O–H groups in total. The first-order chi connectivity index (χ1) is 6.95. The van der Waals surface area contributed by atoms with Crippen LogP contribution < -0.4 is 4.74 Å². The van der Waals surface area contributed by atoms with Crippen molar-refractivity contribution in [3.8, 4) is 5.75 Å². The van der Waals surface area contributed by atoms with E-state index in [0.717, 1.165) is 25.2 Å². The third-order valence-corrected chi connectivity index (χ3v) is 3.09. The Balaban J connectivity index is 2.04. The molecule has 1 unspecified atom stereocenters. The molecule has 1 atom stereocenters. The van der Waals surface area contributed by atoms with Crippen LogP contribution in [-0.2, 0) is 0 Å². The Morgan fingerprint density at radius 1 is 1.14 bits per heavy atom. The molecular formula is C13H13O. The lowest BCUT2D eigenvalue weighted by Crippen LogP contribution is -2.27. The van der Waals surface area contributed by atoms with Gasteiger partial charge in [0.15, 0.2) is 0 Å². The number of ether oxygens (including phenoxy) is 1. The van der Waals surface area contributed by atoms with Crippen LogP contribution in [0.3, 0.4) is 0 Å². The number of hydrogen-bond donors (Lipinski definition) is 0. The van der Waals surface area contributed by atoms with E-state index >= 15 is 0 Å². The highest BCUT2D eigenvalue weighted by molar-refractivity contribution is 5.47. The van der Waals surface area contributed by atoms with Crippen LogP contribution >= 0.6 is 0 Å². The second kappa shape index (κ2) is 3.16. The Morgan fingerprint density at radius 3 is 3.07 bits per heavy atom. The van der Waals surface area contributed by atoms with Crippen molar-refractivity contribution < 1.29 is 4.74 Å². The largest absolute Gasteiger partial charge is 0.493 e. The van der Waals surface area contributed by atoms with Gasteiger partial charge in [-0.2, -0.15) is 0 Å². The molecule has 0 bridgehead atoms. The summed E-state index contributed by atoms with van der Waals surface area (Å²) in [6, 6.07) is 8.38. The third-order valence-electron chi connectivity index (χ3n) is 3.09. The Morgan fingerprint density at radius 2 is 2.07 bits per heavy atom. The highest BCUT2D eigenvalue weighted by Crippen LogP contribution is 2.41. The monoisotopic (exact) mass is 185 g/mol. The quantitative estimate of drug-likeness (QED) is 0.565. The van der Waals surface area contributed by atoms with Crippen LogP contribution in [0.2, 0.25) is 0 Å². The zero-order valence-electron chi connectivity index (χ0n) is 8.07. The van der Waals surface area contributed by atoms with Crippen molar-refractivity contribution in [3.63, 3.8) is 0 Å². The van der Waals surface area contributed by atoms with Gasteiger partial charge in [0.2, 0.25) is 0 Å². The van der Waals surface area contributed by atoms with Gasteiger partial charge in [0.1, 0.15) is 5.75 Å². The van der Waals surface area contributed by atoms with E-state index in [1.165, 1.54) is 5.56 Å². The van der Waals surface area contributed by atoms with Gasteiger partial charge in [-0.1, -0.05) is 30.4 Å². The van der Waals surface area contributed by atoms with Crippen molar-refractivity contribution >= 4 is 0 Å². The molecule has 0 spiro atoms. The fourth-order valence-electron chi connectivity index (χ4n) is 2.33. The highest BCUT2D eigenvalue weighted by atomic mass is 16.5. The maximum atomic E-state index is 5.74. The average molecular weight is 185 g/mol. The van der Waals surface area contributed by atoms with E-state index < -0.39 is 0 Å². The molecule has 1 aromatic carbocycles. The molecule has 1 radical (unpaired) electrons. The molecule has 0 fully saturated rings. The first-order valence-corrected chi connectivity index (χ1v) is 5.18. The van der Waals surface area contributed by atoms with E-state index in [0.29, 0.717) is 5.92 Å². The number of hydrogen-bond acceptors (Lipinski definition) is 1. The van der Waals surface area contributed by atoms with Gasteiger partial charge in [-0.15, -0.1) is 0 Å². The Bertz CT molecular complexity index is 367. The van der Waals surface area contributed by atoms with Gasteiger partial charge in [-0.3, -0.25) is 0 Å². The predicted octanol–water partition coefficient (Wildman–Crippen LogP) is 2.97. The molecule has 1 heteroatoms. The van der Waals surface area contributed by atoms with E-state index in [4.69, 9.17) is 4.74 Å². The summed E-state index contributed by atoms with van der Waals surface area (Å²) in [5, 5.41) is 0. The van der Waals surface area contributed by atoms with Gasteiger partial charge >= 0.3 is 0 Å². The van der Waals surface area contributed by atoms with Crippen molar-refractivity contribution in [2.45, 2.75) is 12.8 Å². The summed E-state index contributed by atoms with van der Waals surface area (Å²) in [5.41, 5.74) is 1.33. The standard InChI is InChI=1S/C13H13O/c1-2-6-11-10(5-1)9-14-13-8-4-3-7-12(11)13/h1-4,7-8,10H,5-6,9H2. The lowest BCUT2D eigenvalue weighted by molar-refractivity contribution is 0.232. The maximum absolute atomic E-state index is 5.74. The minimum absolute atomic E-state index is 0.620. The molecule has 1 nitrogen and oxygen atoms in total. The van der Waals surface area contributed by atoms with Gasteiger partial charge in [-0.05, 0) is 18.9 Å².